The van der Waals surface area contributed by atoms with Gasteiger partial charge in [0.05, 0.1) is 12.6 Å². The smallest absolute Gasteiger partial charge is 0.255 e. The molecule has 3 aliphatic rings. The molecule has 0 radical (unpaired) electrons. The largest absolute Gasteiger partial charge is 0.370 e. The molecule has 0 unspecified atom stereocenters. The van der Waals surface area contributed by atoms with Crippen LogP contribution in [0.3, 0.4) is 0 Å². The first-order valence-electron chi connectivity index (χ1n) is 8.83. The van der Waals surface area contributed by atoms with Crippen molar-refractivity contribution in [2.24, 2.45) is 10.7 Å². The van der Waals surface area contributed by atoms with Crippen molar-refractivity contribution in [3.8, 4) is 0 Å². The van der Waals surface area contributed by atoms with Crippen molar-refractivity contribution < 1.29 is 9.26 Å². The van der Waals surface area contributed by atoms with Crippen LogP contribution in [0.1, 0.15) is 75.1 Å². The van der Waals surface area contributed by atoms with Crippen molar-refractivity contribution in [1.29, 1.82) is 0 Å². The number of ether oxygens (including phenoxy) is 1. The highest BCUT2D eigenvalue weighted by Crippen LogP contribution is 2.39. The van der Waals surface area contributed by atoms with Crippen LogP contribution in [0.15, 0.2) is 9.52 Å². The van der Waals surface area contributed by atoms with E-state index in [1.807, 2.05) is 0 Å². The summed E-state index contributed by atoms with van der Waals surface area (Å²) in [5, 5.41) is 7.36. The quantitative estimate of drug-likeness (QED) is 0.409. The highest BCUT2D eigenvalue weighted by atomic mass is 127. The molecule has 8 heteroatoms. The Balaban J connectivity index is 0.00000169. The number of halogens is 1. The van der Waals surface area contributed by atoms with E-state index in [0.29, 0.717) is 30.4 Å². The number of rotatable bonds is 5. The Morgan fingerprint density at radius 1 is 1.17 bits per heavy atom. The highest BCUT2D eigenvalue weighted by Gasteiger charge is 2.34. The Kier molecular flexibility index (Phi) is 5.96. The number of hydrogen-bond donors (Lipinski definition) is 2. The van der Waals surface area contributed by atoms with Crippen LogP contribution >= 0.6 is 24.0 Å². The maximum atomic E-state index is 5.99. The zero-order valence-electron chi connectivity index (χ0n) is 13.8. The normalized spacial score (nSPS) is 28.1. The summed E-state index contributed by atoms with van der Waals surface area (Å²) in [4.78, 5) is 8.91. The van der Waals surface area contributed by atoms with Gasteiger partial charge in [-0.2, -0.15) is 4.98 Å². The van der Waals surface area contributed by atoms with Crippen LogP contribution in [0.25, 0.3) is 0 Å². The number of nitrogens with zero attached hydrogens (tertiary/aromatic N) is 3. The van der Waals surface area contributed by atoms with Gasteiger partial charge in [-0.05, 0) is 38.5 Å². The van der Waals surface area contributed by atoms with E-state index >= 15 is 0 Å². The lowest BCUT2D eigenvalue weighted by Gasteiger charge is -2.13. The zero-order chi connectivity index (χ0) is 15.6. The van der Waals surface area contributed by atoms with Crippen LogP contribution in [0.4, 0.5) is 0 Å². The van der Waals surface area contributed by atoms with Gasteiger partial charge in [0, 0.05) is 12.0 Å². The summed E-state index contributed by atoms with van der Waals surface area (Å²) in [7, 11) is 0. The molecule has 2 saturated carbocycles. The zero-order valence-corrected chi connectivity index (χ0v) is 16.1. The number of guanidine groups is 1. The van der Waals surface area contributed by atoms with Crippen LogP contribution in [0.2, 0.25) is 0 Å². The Morgan fingerprint density at radius 3 is 2.71 bits per heavy atom. The van der Waals surface area contributed by atoms with E-state index in [1.54, 1.807) is 0 Å². The van der Waals surface area contributed by atoms with E-state index in [9.17, 15) is 0 Å². The van der Waals surface area contributed by atoms with Crippen LogP contribution < -0.4 is 11.1 Å². The van der Waals surface area contributed by atoms with E-state index in [-0.39, 0.29) is 36.2 Å². The Labute approximate surface area is 159 Å². The van der Waals surface area contributed by atoms with Gasteiger partial charge in [-0.1, -0.05) is 18.0 Å². The average molecular weight is 447 g/mol. The molecule has 3 fully saturated rings. The molecule has 1 aliphatic heterocycles. The average Bonchev–Trinajstić information content (AvgIpc) is 3.00. The third kappa shape index (κ3) is 4.38. The molecule has 1 aromatic rings. The number of hydrogen-bond acceptors (Lipinski definition) is 5. The molecule has 1 saturated heterocycles. The second kappa shape index (κ2) is 7.99. The molecule has 0 bridgehead atoms. The van der Waals surface area contributed by atoms with Gasteiger partial charge in [-0.3, -0.25) is 4.99 Å². The molecule has 0 spiro atoms. The van der Waals surface area contributed by atoms with E-state index < -0.39 is 0 Å². The van der Waals surface area contributed by atoms with Gasteiger partial charge in [-0.15, -0.1) is 24.0 Å². The van der Waals surface area contributed by atoms with Gasteiger partial charge in [0.1, 0.15) is 6.10 Å². The predicted octanol–water partition coefficient (Wildman–Crippen LogP) is 2.63. The number of nitrogens with one attached hydrogen (secondary N) is 1. The van der Waals surface area contributed by atoms with Crippen LogP contribution in [0.5, 0.6) is 0 Å². The van der Waals surface area contributed by atoms with Gasteiger partial charge in [0.15, 0.2) is 11.8 Å². The first kappa shape index (κ1) is 17.9. The molecule has 3 N–H and O–H groups in total. The fourth-order valence-electron chi connectivity index (χ4n) is 3.43. The van der Waals surface area contributed by atoms with Crippen LogP contribution in [-0.4, -0.2) is 34.8 Å². The molecule has 2 aliphatic carbocycles. The summed E-state index contributed by atoms with van der Waals surface area (Å²) >= 11 is 0. The van der Waals surface area contributed by atoms with Crippen molar-refractivity contribution in [3.05, 3.63) is 11.7 Å². The minimum absolute atomic E-state index is 0. The molecule has 2 heterocycles. The van der Waals surface area contributed by atoms with Gasteiger partial charge in [0.2, 0.25) is 0 Å². The summed E-state index contributed by atoms with van der Waals surface area (Å²) in [5.41, 5.74) is 5.96. The molecule has 4 rings (SSSR count). The molecule has 24 heavy (non-hydrogen) atoms. The summed E-state index contributed by atoms with van der Waals surface area (Å²) in [5.74, 6) is 2.51. The minimum Gasteiger partial charge on any atom is -0.370 e. The Hall–Kier alpha value is -0.900. The fraction of sp³-hybridized carbons (Fsp3) is 0.812. The van der Waals surface area contributed by atoms with Gasteiger partial charge in [-0.25, -0.2) is 0 Å². The second-order valence-corrected chi connectivity index (χ2v) is 6.94. The third-order valence-electron chi connectivity index (χ3n) is 4.96. The van der Waals surface area contributed by atoms with Crippen molar-refractivity contribution >= 4 is 29.9 Å². The van der Waals surface area contributed by atoms with E-state index in [2.05, 4.69) is 20.4 Å². The monoisotopic (exact) mass is 447 g/mol. The number of aromatic nitrogens is 2. The summed E-state index contributed by atoms with van der Waals surface area (Å²) in [6, 6.07) is 0.496. The van der Waals surface area contributed by atoms with Crippen molar-refractivity contribution in [2.45, 2.75) is 75.5 Å². The second-order valence-electron chi connectivity index (χ2n) is 6.94. The van der Waals surface area contributed by atoms with Gasteiger partial charge >= 0.3 is 0 Å². The molecule has 134 valence electrons. The van der Waals surface area contributed by atoms with Gasteiger partial charge < -0.3 is 20.3 Å². The lowest BCUT2D eigenvalue weighted by Crippen LogP contribution is -2.39. The number of aliphatic imine (C=N–C) groups is 1. The first-order valence-corrected chi connectivity index (χ1v) is 8.83. The lowest BCUT2D eigenvalue weighted by molar-refractivity contribution is 0.0309. The number of nitrogens with two attached hydrogens (primary N) is 1. The lowest BCUT2D eigenvalue weighted by atomic mass is 10.2. The van der Waals surface area contributed by atoms with Gasteiger partial charge in [0.25, 0.3) is 5.89 Å². The fourth-order valence-corrected chi connectivity index (χ4v) is 3.43. The summed E-state index contributed by atoms with van der Waals surface area (Å²) < 4.78 is 11.3. The highest BCUT2D eigenvalue weighted by molar-refractivity contribution is 14.0. The molecular weight excluding hydrogens is 421 g/mol. The predicted molar refractivity (Wildman–Crippen MR) is 100 cm³/mol. The standard InChI is InChI=1S/C16H25N5O2.HI/c17-16(19-11-3-1-2-4-11)18-9-12-7-8-13(22-12)15-20-14(21-23-15)10-5-6-10;/h10-13H,1-9H2,(H3,17,18,19);1H/t12-,13+;/m1./s1. The first-order chi connectivity index (χ1) is 11.3. The topological polar surface area (TPSA) is 98.6 Å². The molecule has 0 amide bonds. The van der Waals surface area contributed by atoms with Crippen molar-refractivity contribution in [1.82, 2.24) is 15.5 Å². The Morgan fingerprint density at radius 2 is 1.96 bits per heavy atom. The van der Waals surface area contributed by atoms with E-state index in [1.165, 1.54) is 38.5 Å². The molecule has 0 aromatic carbocycles. The SMILES string of the molecule is I.NC(=NC[C@H]1CC[C@@H](c2nc(C3CC3)no2)O1)NC1CCCC1. The summed E-state index contributed by atoms with van der Waals surface area (Å²) in [6.45, 7) is 0.589. The molecule has 2 atom stereocenters. The Bertz CT molecular complexity index is 569. The van der Waals surface area contributed by atoms with Crippen molar-refractivity contribution in [3.63, 3.8) is 0 Å². The maximum Gasteiger partial charge on any atom is 0.255 e. The summed E-state index contributed by atoms with van der Waals surface area (Å²) in [6.07, 6.45) is 9.16. The molecular formula is C16H26IN5O2. The third-order valence-corrected chi connectivity index (χ3v) is 4.96. The maximum absolute atomic E-state index is 5.99. The minimum atomic E-state index is -0.0841. The van der Waals surface area contributed by atoms with Crippen LogP contribution in [0, 0.1) is 0 Å². The van der Waals surface area contributed by atoms with E-state index in [0.717, 1.165) is 18.7 Å². The van der Waals surface area contributed by atoms with Crippen molar-refractivity contribution in [2.75, 3.05) is 6.54 Å². The van der Waals surface area contributed by atoms with E-state index in [4.69, 9.17) is 15.0 Å². The molecule has 7 nitrogen and oxygen atoms in total. The van der Waals surface area contributed by atoms with Crippen LogP contribution in [-0.2, 0) is 4.74 Å². The molecule has 1 aromatic heterocycles.